The molecule has 0 nitrogen and oxygen atoms in total. The monoisotopic (exact) mass is 180 g/mol. The lowest BCUT2D eigenvalue weighted by molar-refractivity contribution is 1.15. The van der Waals surface area contributed by atoms with Gasteiger partial charge in [0.05, 0.1) is 0 Å². The summed E-state index contributed by atoms with van der Waals surface area (Å²) in [5, 5.41) is 0. The van der Waals surface area contributed by atoms with E-state index in [0.29, 0.717) is 0 Å². The lowest BCUT2D eigenvalue weighted by atomic mass is 10.1. The van der Waals surface area contributed by atoms with Crippen LogP contribution >= 0.6 is 0 Å². The predicted octanol–water partition coefficient (Wildman–Crippen LogP) is 3.21. The molecule has 0 amide bonds. The largest absolute Gasteiger partial charge is 0.0620 e. The molecule has 1 aromatic carbocycles. The van der Waals surface area contributed by atoms with Crippen LogP contribution in [-0.2, 0) is 12.8 Å². The van der Waals surface area contributed by atoms with E-state index in [-0.39, 0.29) is 0 Å². The summed E-state index contributed by atoms with van der Waals surface area (Å²) in [5.74, 6) is 0. The van der Waals surface area contributed by atoms with Crippen molar-refractivity contribution in [2.75, 3.05) is 0 Å². The zero-order valence-electron chi connectivity index (χ0n) is 8.03. The van der Waals surface area contributed by atoms with Crippen molar-refractivity contribution in [3.05, 3.63) is 70.8 Å². The van der Waals surface area contributed by atoms with Gasteiger partial charge in [-0.25, -0.2) is 0 Å². The van der Waals surface area contributed by atoms with Crippen molar-refractivity contribution >= 4 is 0 Å². The second-order valence-electron chi connectivity index (χ2n) is 3.90. The topological polar surface area (TPSA) is 0 Å². The van der Waals surface area contributed by atoms with E-state index >= 15 is 0 Å². The Morgan fingerprint density at radius 1 is 0.786 bits per heavy atom. The van der Waals surface area contributed by atoms with E-state index in [1.165, 1.54) is 16.7 Å². The van der Waals surface area contributed by atoms with Gasteiger partial charge >= 0.3 is 0 Å². The maximum Gasteiger partial charge on any atom is -0.00519 e. The molecule has 68 valence electrons. The molecule has 14 heavy (non-hydrogen) atoms. The van der Waals surface area contributed by atoms with Crippen molar-refractivity contribution in [1.29, 1.82) is 0 Å². The van der Waals surface area contributed by atoms with E-state index in [4.69, 9.17) is 0 Å². The van der Waals surface area contributed by atoms with Crippen molar-refractivity contribution in [2.24, 2.45) is 0 Å². The third-order valence-electron chi connectivity index (χ3n) is 3.00. The van der Waals surface area contributed by atoms with Gasteiger partial charge in [-0.05, 0) is 29.5 Å². The first-order valence-electron chi connectivity index (χ1n) is 5.07. The minimum absolute atomic E-state index is 1.14. The quantitative estimate of drug-likeness (QED) is 0.575. The van der Waals surface area contributed by atoms with Crippen LogP contribution in [0.1, 0.15) is 11.1 Å². The maximum absolute atomic E-state index is 2.24. The molecule has 0 bridgehead atoms. The lowest BCUT2D eigenvalue weighted by Crippen LogP contribution is -1.84. The zero-order chi connectivity index (χ0) is 9.38. The van der Waals surface area contributed by atoms with Crippen molar-refractivity contribution in [1.82, 2.24) is 0 Å². The van der Waals surface area contributed by atoms with E-state index in [2.05, 4.69) is 48.6 Å². The van der Waals surface area contributed by atoms with Gasteiger partial charge in [0.1, 0.15) is 0 Å². The average Bonchev–Trinajstić information content (AvgIpc) is 2.86. The molecule has 3 rings (SSSR count). The highest BCUT2D eigenvalue weighted by atomic mass is 14.2. The van der Waals surface area contributed by atoms with Gasteiger partial charge in [-0.3, -0.25) is 0 Å². The molecule has 0 heterocycles. The van der Waals surface area contributed by atoms with Crippen LogP contribution in [-0.4, -0.2) is 0 Å². The van der Waals surface area contributed by atoms with Gasteiger partial charge in [-0.1, -0.05) is 54.1 Å². The molecule has 0 saturated heterocycles. The van der Waals surface area contributed by atoms with Crippen LogP contribution in [0.5, 0.6) is 0 Å². The third kappa shape index (κ3) is 1.15. The van der Waals surface area contributed by atoms with Gasteiger partial charge in [0.2, 0.25) is 0 Å². The Kier molecular flexibility index (Phi) is 1.66. The van der Waals surface area contributed by atoms with E-state index in [9.17, 15) is 0 Å². The van der Waals surface area contributed by atoms with Crippen molar-refractivity contribution in [3.8, 4) is 0 Å². The summed E-state index contributed by atoms with van der Waals surface area (Å²) in [6.07, 6.45) is 10.9. The van der Waals surface area contributed by atoms with Gasteiger partial charge in [-0.15, -0.1) is 0 Å². The summed E-state index contributed by atoms with van der Waals surface area (Å²) in [5.41, 5.74) is 5.99. The van der Waals surface area contributed by atoms with Crippen LogP contribution in [0.25, 0.3) is 0 Å². The summed E-state index contributed by atoms with van der Waals surface area (Å²) in [6, 6.07) is 8.75. The Bertz CT molecular complexity index is 418. The molecule has 0 N–H and O–H groups in total. The van der Waals surface area contributed by atoms with E-state index in [0.717, 1.165) is 12.8 Å². The van der Waals surface area contributed by atoms with Gasteiger partial charge in [-0.2, -0.15) is 0 Å². The van der Waals surface area contributed by atoms with Crippen LogP contribution in [0.15, 0.2) is 59.7 Å². The first-order chi connectivity index (χ1) is 6.93. The fraction of sp³-hybridized carbons (Fsp3) is 0.143. The average molecular weight is 180 g/mol. The molecule has 0 aromatic heterocycles. The van der Waals surface area contributed by atoms with Gasteiger partial charge in [0.25, 0.3) is 0 Å². The van der Waals surface area contributed by atoms with Crippen LogP contribution in [0.4, 0.5) is 0 Å². The zero-order valence-corrected chi connectivity index (χ0v) is 8.03. The third-order valence-corrected chi connectivity index (χ3v) is 3.00. The smallest absolute Gasteiger partial charge is 0.00519 e. The summed E-state index contributed by atoms with van der Waals surface area (Å²) in [4.78, 5) is 0. The first kappa shape index (κ1) is 7.81. The Balaban J connectivity index is 2.03. The second kappa shape index (κ2) is 2.98. The second-order valence-corrected chi connectivity index (χ2v) is 3.90. The van der Waals surface area contributed by atoms with E-state index in [1.54, 1.807) is 5.57 Å². The molecule has 0 saturated carbocycles. The molecule has 0 spiro atoms. The first-order valence-corrected chi connectivity index (χ1v) is 5.07. The highest BCUT2D eigenvalue weighted by Crippen LogP contribution is 2.29. The predicted molar refractivity (Wildman–Crippen MR) is 59.2 cm³/mol. The molecule has 0 atom stereocenters. The molecule has 0 fully saturated rings. The van der Waals surface area contributed by atoms with Crippen LogP contribution in [0.3, 0.4) is 0 Å². The highest BCUT2D eigenvalue weighted by Gasteiger charge is 2.16. The molecular formula is C14H12. The number of benzene rings is 1. The molecule has 1 aromatic rings. The highest BCUT2D eigenvalue weighted by molar-refractivity contribution is 5.50. The summed E-state index contributed by atoms with van der Waals surface area (Å²) >= 11 is 0. The standard InChI is InChI=1S/C14H12/c1-2-6-11(5-1)14-9-12-7-3-4-8-13(12)10-14/h1-8H,9-10H2. The molecule has 0 unspecified atom stereocenters. The molecule has 0 heteroatoms. The minimum Gasteiger partial charge on any atom is -0.0620 e. The summed E-state index contributed by atoms with van der Waals surface area (Å²) in [6.45, 7) is 0. The normalized spacial score (nSPS) is 18.0. The van der Waals surface area contributed by atoms with Crippen LogP contribution in [0, 0.1) is 0 Å². The van der Waals surface area contributed by atoms with Crippen molar-refractivity contribution < 1.29 is 0 Å². The molecule has 0 radical (unpaired) electrons. The number of fused-ring (bicyclic) bond motifs is 1. The van der Waals surface area contributed by atoms with Crippen molar-refractivity contribution in [2.45, 2.75) is 12.8 Å². The number of hydrogen-bond acceptors (Lipinski definition) is 0. The maximum atomic E-state index is 2.24. The van der Waals surface area contributed by atoms with E-state index in [1.807, 2.05) is 0 Å². The number of rotatable bonds is 0. The Labute approximate surface area is 84.3 Å². The van der Waals surface area contributed by atoms with Crippen LogP contribution in [0.2, 0.25) is 0 Å². The Morgan fingerprint density at radius 2 is 1.36 bits per heavy atom. The molecule has 0 aliphatic heterocycles. The fourth-order valence-corrected chi connectivity index (χ4v) is 2.24. The number of allylic oxidation sites excluding steroid dienone is 6. The fourth-order valence-electron chi connectivity index (χ4n) is 2.24. The minimum atomic E-state index is 1.14. The summed E-state index contributed by atoms with van der Waals surface area (Å²) in [7, 11) is 0. The SMILES string of the molecule is C1=CC(=C2Cc3ccccc3C2)C=C1. The molecule has 2 aliphatic carbocycles. The van der Waals surface area contributed by atoms with E-state index < -0.39 is 0 Å². The molecule has 2 aliphatic rings. The summed E-state index contributed by atoms with van der Waals surface area (Å²) < 4.78 is 0. The Morgan fingerprint density at radius 3 is 1.93 bits per heavy atom. The molecular weight excluding hydrogens is 168 g/mol. The van der Waals surface area contributed by atoms with Gasteiger partial charge in [0.15, 0.2) is 0 Å². The van der Waals surface area contributed by atoms with Gasteiger partial charge in [0, 0.05) is 0 Å². The van der Waals surface area contributed by atoms with Crippen LogP contribution < -0.4 is 0 Å². The lowest BCUT2D eigenvalue weighted by Gasteiger charge is -1.97. The van der Waals surface area contributed by atoms with Gasteiger partial charge < -0.3 is 0 Å². The number of hydrogen-bond donors (Lipinski definition) is 0. The Hall–Kier alpha value is -1.56. The van der Waals surface area contributed by atoms with Crippen molar-refractivity contribution in [3.63, 3.8) is 0 Å².